The van der Waals surface area contributed by atoms with Crippen LogP contribution in [0, 0.1) is 43.4 Å². The number of halogens is 1. The van der Waals surface area contributed by atoms with Gasteiger partial charge in [0.15, 0.2) is 0 Å². The van der Waals surface area contributed by atoms with Gasteiger partial charge in [0.05, 0.1) is 5.56 Å². The van der Waals surface area contributed by atoms with E-state index >= 15 is 0 Å². The number of nitrogens with one attached hydrogen (secondary N) is 1. The number of fused-ring (bicyclic) bond motifs is 1. The van der Waals surface area contributed by atoms with Crippen molar-refractivity contribution in [2.75, 3.05) is 5.32 Å². The van der Waals surface area contributed by atoms with Crippen molar-refractivity contribution in [3.05, 3.63) is 87.2 Å². The van der Waals surface area contributed by atoms with Crippen LogP contribution in [0.3, 0.4) is 0 Å². The Morgan fingerprint density at radius 1 is 1.12 bits per heavy atom. The molecule has 2 aromatic carbocycles. The van der Waals surface area contributed by atoms with E-state index in [2.05, 4.69) is 11.4 Å². The summed E-state index contributed by atoms with van der Waals surface area (Å²) in [6.45, 7) is 5.71. The first kappa shape index (κ1) is 22.4. The van der Waals surface area contributed by atoms with Crippen LogP contribution in [0.25, 0.3) is 21.2 Å². The van der Waals surface area contributed by atoms with E-state index in [1.54, 1.807) is 35.6 Å². The van der Waals surface area contributed by atoms with Gasteiger partial charge < -0.3 is 9.88 Å². The summed E-state index contributed by atoms with van der Waals surface area (Å²) < 4.78 is 3.03. The lowest BCUT2D eigenvalue weighted by Crippen LogP contribution is -2.14. The Bertz CT molecular complexity index is 1530. The number of carbonyl (C=O) groups excluding carboxylic acids is 1. The van der Waals surface area contributed by atoms with Crippen LogP contribution in [0.5, 0.6) is 0 Å². The van der Waals surface area contributed by atoms with Gasteiger partial charge in [0.1, 0.15) is 22.7 Å². The Labute approximate surface area is 200 Å². The highest BCUT2D eigenvalue weighted by atomic mass is 35.5. The molecule has 5 nitrogen and oxygen atoms in total. The lowest BCUT2D eigenvalue weighted by molar-refractivity contribution is -0.112. The van der Waals surface area contributed by atoms with Crippen molar-refractivity contribution in [3.63, 3.8) is 0 Å². The fraction of sp³-hybridized carbons (Fsp3) is 0.115. The second-order valence-electron chi connectivity index (χ2n) is 7.64. The largest absolute Gasteiger partial charge is 0.321 e. The van der Waals surface area contributed by atoms with Crippen LogP contribution in [-0.2, 0) is 4.79 Å². The van der Waals surface area contributed by atoms with Crippen molar-refractivity contribution in [2.45, 2.75) is 20.8 Å². The topological polar surface area (TPSA) is 81.6 Å². The smallest absolute Gasteiger partial charge is 0.266 e. The molecule has 7 heteroatoms. The first-order valence-corrected chi connectivity index (χ1v) is 11.3. The SMILES string of the molecule is Cc1ccc(Cl)cc1NC(=O)C(C#N)=Cc1cc(C)n(-c2sc3ccccc3c2C#N)c1C. The number of thiophene rings is 1. The van der Waals surface area contributed by atoms with Gasteiger partial charge in [-0.25, -0.2) is 0 Å². The van der Waals surface area contributed by atoms with Gasteiger partial charge in [0.2, 0.25) is 0 Å². The van der Waals surface area contributed by atoms with Crippen LogP contribution in [0.2, 0.25) is 5.02 Å². The van der Waals surface area contributed by atoms with E-state index in [0.29, 0.717) is 16.3 Å². The number of nitrogens with zero attached hydrogens (tertiary/aromatic N) is 3. The fourth-order valence-corrected chi connectivity index (χ4v) is 5.20. The molecule has 1 N–H and O–H groups in total. The summed E-state index contributed by atoms with van der Waals surface area (Å²) in [6, 6.07) is 19.3. The van der Waals surface area contributed by atoms with Gasteiger partial charge in [-0.15, -0.1) is 11.3 Å². The van der Waals surface area contributed by atoms with E-state index < -0.39 is 5.91 Å². The van der Waals surface area contributed by atoms with Crippen molar-refractivity contribution in [3.8, 4) is 17.1 Å². The number of amides is 1. The third-order valence-electron chi connectivity index (χ3n) is 5.47. The number of benzene rings is 2. The van der Waals surface area contributed by atoms with Gasteiger partial charge in [0.25, 0.3) is 5.91 Å². The Hall–Kier alpha value is -3.84. The van der Waals surface area contributed by atoms with E-state index in [0.717, 1.165) is 37.6 Å². The van der Waals surface area contributed by atoms with E-state index in [1.807, 2.05) is 61.7 Å². The molecule has 0 spiro atoms. The molecule has 4 rings (SSSR count). The first-order chi connectivity index (χ1) is 15.8. The molecule has 0 unspecified atom stereocenters. The second kappa shape index (κ2) is 8.96. The Morgan fingerprint density at radius 3 is 2.61 bits per heavy atom. The molecule has 0 aliphatic rings. The summed E-state index contributed by atoms with van der Waals surface area (Å²) in [5.41, 5.74) is 4.48. The summed E-state index contributed by atoms with van der Waals surface area (Å²) in [5, 5.41) is 24.5. The van der Waals surface area contributed by atoms with Crippen LogP contribution in [0.4, 0.5) is 5.69 Å². The average Bonchev–Trinajstić information content (AvgIpc) is 3.29. The molecule has 1 amide bonds. The lowest BCUT2D eigenvalue weighted by atomic mass is 10.1. The van der Waals surface area contributed by atoms with Crippen molar-refractivity contribution in [1.29, 1.82) is 10.5 Å². The molecule has 2 heterocycles. The van der Waals surface area contributed by atoms with Crippen LogP contribution < -0.4 is 5.32 Å². The monoisotopic (exact) mass is 470 g/mol. The molecular formula is C26H19ClN4OS. The van der Waals surface area contributed by atoms with Gasteiger partial charge in [-0.2, -0.15) is 10.5 Å². The number of hydrogen-bond acceptors (Lipinski definition) is 4. The van der Waals surface area contributed by atoms with E-state index in [9.17, 15) is 15.3 Å². The first-order valence-electron chi connectivity index (χ1n) is 10.1. The summed E-state index contributed by atoms with van der Waals surface area (Å²) in [7, 11) is 0. The van der Waals surface area contributed by atoms with Gasteiger partial charge in [-0.3, -0.25) is 4.79 Å². The molecule has 0 saturated carbocycles. The highest BCUT2D eigenvalue weighted by Gasteiger charge is 2.19. The van der Waals surface area contributed by atoms with E-state index in [-0.39, 0.29) is 5.57 Å². The maximum atomic E-state index is 12.8. The van der Waals surface area contributed by atoms with Crippen molar-refractivity contribution < 1.29 is 4.79 Å². The second-order valence-corrected chi connectivity index (χ2v) is 9.10. The Balaban J connectivity index is 1.75. The number of nitriles is 2. The third kappa shape index (κ3) is 4.15. The molecule has 0 fully saturated rings. The quantitative estimate of drug-likeness (QED) is 0.266. The summed E-state index contributed by atoms with van der Waals surface area (Å²) in [5.74, 6) is -0.507. The fourth-order valence-electron chi connectivity index (χ4n) is 3.77. The number of anilines is 1. The zero-order valence-electron chi connectivity index (χ0n) is 18.2. The molecule has 0 bridgehead atoms. The molecule has 0 radical (unpaired) electrons. The lowest BCUT2D eigenvalue weighted by Gasteiger charge is -2.09. The summed E-state index contributed by atoms with van der Waals surface area (Å²) in [6.07, 6.45) is 1.58. The third-order valence-corrected chi connectivity index (χ3v) is 6.87. The van der Waals surface area contributed by atoms with Crippen LogP contribution in [0.1, 0.15) is 28.1 Å². The van der Waals surface area contributed by atoms with Gasteiger partial charge >= 0.3 is 0 Å². The molecule has 33 heavy (non-hydrogen) atoms. The van der Waals surface area contributed by atoms with Crippen molar-refractivity contribution in [1.82, 2.24) is 4.57 Å². The predicted octanol–water partition coefficient (Wildman–Crippen LogP) is 6.69. The highest BCUT2D eigenvalue weighted by Crippen LogP contribution is 2.36. The van der Waals surface area contributed by atoms with E-state index in [1.165, 1.54) is 0 Å². The van der Waals surface area contributed by atoms with E-state index in [4.69, 9.17) is 11.6 Å². The number of carbonyl (C=O) groups is 1. The number of rotatable bonds is 4. The molecule has 162 valence electrons. The van der Waals surface area contributed by atoms with Crippen LogP contribution in [-0.4, -0.2) is 10.5 Å². The molecule has 0 aliphatic heterocycles. The molecule has 0 atom stereocenters. The maximum Gasteiger partial charge on any atom is 0.266 e. The Morgan fingerprint density at radius 2 is 1.88 bits per heavy atom. The molecule has 0 aliphatic carbocycles. The standard InChI is InChI=1S/C26H19ClN4OS/c1-15-8-9-20(27)12-23(15)30-25(32)19(13-28)11-18-10-16(2)31(17(18)3)26-22(14-29)21-6-4-5-7-24(21)33-26/h4-12H,1-3H3,(H,30,32). The number of aromatic nitrogens is 1. The Kier molecular flexibility index (Phi) is 6.07. The molecule has 2 aromatic heterocycles. The minimum atomic E-state index is -0.507. The van der Waals surface area contributed by atoms with Crippen LogP contribution >= 0.6 is 22.9 Å². The average molecular weight is 471 g/mol. The minimum Gasteiger partial charge on any atom is -0.321 e. The highest BCUT2D eigenvalue weighted by molar-refractivity contribution is 7.21. The van der Waals surface area contributed by atoms with Crippen LogP contribution in [0.15, 0.2) is 54.1 Å². The molecule has 4 aromatic rings. The summed E-state index contributed by atoms with van der Waals surface area (Å²) >= 11 is 7.58. The molecule has 0 saturated heterocycles. The number of aryl methyl sites for hydroxylation is 2. The van der Waals surface area contributed by atoms with Gasteiger partial charge in [0, 0.05) is 32.2 Å². The predicted molar refractivity (Wildman–Crippen MR) is 134 cm³/mol. The zero-order chi connectivity index (χ0) is 23.7. The molecular weight excluding hydrogens is 452 g/mol. The normalized spacial score (nSPS) is 11.3. The number of hydrogen-bond donors (Lipinski definition) is 1. The summed E-state index contributed by atoms with van der Waals surface area (Å²) in [4.78, 5) is 12.8. The van der Waals surface area contributed by atoms with Crippen molar-refractivity contribution >= 4 is 50.7 Å². The van der Waals surface area contributed by atoms with Crippen molar-refractivity contribution in [2.24, 2.45) is 0 Å². The minimum absolute atomic E-state index is 0.0218. The van der Waals surface area contributed by atoms with Gasteiger partial charge in [-0.1, -0.05) is 35.9 Å². The maximum absolute atomic E-state index is 12.8. The van der Waals surface area contributed by atoms with Gasteiger partial charge in [-0.05, 0) is 62.2 Å². The zero-order valence-corrected chi connectivity index (χ0v) is 19.8.